The van der Waals surface area contributed by atoms with Crippen LogP contribution in [0.4, 0.5) is 0 Å². The van der Waals surface area contributed by atoms with Crippen molar-refractivity contribution in [3.63, 3.8) is 0 Å². The topological polar surface area (TPSA) is 104 Å². The number of hydrogen-bond donors (Lipinski definition) is 3. The van der Waals surface area contributed by atoms with Gasteiger partial charge in [-0.15, -0.1) is 0 Å². The van der Waals surface area contributed by atoms with Gasteiger partial charge in [0.25, 0.3) is 5.97 Å². The molecule has 0 fully saturated rings. The molecule has 0 atom stereocenters. The Hall–Kier alpha value is -0.850. The molecule has 0 saturated carbocycles. The number of carboxylic acid groups (broad SMARTS) is 2. The molecule has 0 spiro atoms. The van der Waals surface area contributed by atoms with E-state index in [1.165, 1.54) is 6.92 Å². The zero-order chi connectivity index (χ0) is 11.7. The van der Waals surface area contributed by atoms with Gasteiger partial charge in [0.2, 0.25) is 5.91 Å². The number of carbonyl (C=O) groups is 3. The van der Waals surface area contributed by atoms with Crippen LogP contribution in [0.5, 0.6) is 0 Å². The first-order valence-corrected chi connectivity index (χ1v) is 3.62. The van der Waals surface area contributed by atoms with E-state index >= 15 is 0 Å². The molecule has 15 heavy (non-hydrogen) atoms. The predicted molar refractivity (Wildman–Crippen MR) is 49.9 cm³/mol. The second-order valence-corrected chi connectivity index (χ2v) is 2.38. The van der Waals surface area contributed by atoms with Crippen LogP contribution >= 0.6 is 0 Å². The van der Waals surface area contributed by atoms with Gasteiger partial charge in [0.05, 0.1) is 0 Å². The van der Waals surface area contributed by atoms with Gasteiger partial charge in [0.1, 0.15) is 6.54 Å². The van der Waals surface area contributed by atoms with Crippen LogP contribution in [0.15, 0.2) is 12.2 Å². The van der Waals surface area contributed by atoms with E-state index in [2.05, 4.69) is 11.9 Å². The van der Waals surface area contributed by atoms with E-state index in [-0.39, 0.29) is 37.5 Å². The molecule has 7 heteroatoms. The van der Waals surface area contributed by atoms with E-state index in [1.54, 1.807) is 0 Å². The quantitative estimate of drug-likeness (QED) is 0.351. The Morgan fingerprint density at radius 2 is 1.60 bits per heavy atom. The third-order valence-electron chi connectivity index (χ3n) is 0.788. The Balaban J connectivity index is -0.000000105. The molecule has 0 bridgehead atoms. The van der Waals surface area contributed by atoms with Crippen molar-refractivity contribution in [3.8, 4) is 0 Å². The molecule has 0 aliphatic carbocycles. The zero-order valence-corrected chi connectivity index (χ0v) is 11.0. The van der Waals surface area contributed by atoms with Crippen molar-refractivity contribution in [1.82, 2.24) is 5.32 Å². The summed E-state index contributed by atoms with van der Waals surface area (Å²) in [6.07, 6.45) is 0. The van der Waals surface area contributed by atoms with Crippen molar-refractivity contribution >= 4 is 17.8 Å². The van der Waals surface area contributed by atoms with E-state index in [9.17, 15) is 9.59 Å². The molecule has 6 nitrogen and oxygen atoms in total. The average molecular weight is 227 g/mol. The number of aliphatic carboxylic acids is 2. The molecular formula is C8H14NNaO5. The van der Waals surface area contributed by atoms with Gasteiger partial charge in [-0.25, -0.2) is 0 Å². The standard InChI is InChI=1S/C6H9NO3.C2H4O2.Na.H/c1-4(2)6(10)7-3-5(8)9;1-2(3)4;;/h1,3H2,2H3,(H,7,10)(H,8,9);1H3,(H,3,4);;/q;;+1;-1. The number of carbonyl (C=O) groups excluding carboxylic acids is 1. The van der Waals surface area contributed by atoms with Gasteiger partial charge in [0, 0.05) is 12.5 Å². The van der Waals surface area contributed by atoms with Crippen molar-refractivity contribution in [2.24, 2.45) is 0 Å². The first kappa shape index (κ1) is 19.7. The molecule has 3 N–H and O–H groups in total. The number of nitrogens with one attached hydrogen (secondary N) is 1. The summed E-state index contributed by atoms with van der Waals surface area (Å²) >= 11 is 0. The van der Waals surface area contributed by atoms with Gasteiger partial charge in [-0.05, 0) is 6.92 Å². The van der Waals surface area contributed by atoms with E-state index in [0.29, 0.717) is 5.57 Å². The van der Waals surface area contributed by atoms with Crippen molar-refractivity contribution in [2.45, 2.75) is 13.8 Å². The summed E-state index contributed by atoms with van der Waals surface area (Å²) in [4.78, 5) is 29.5. The number of carboxylic acids is 2. The van der Waals surface area contributed by atoms with Gasteiger partial charge in [-0.2, -0.15) is 0 Å². The summed E-state index contributed by atoms with van der Waals surface area (Å²) in [7, 11) is 0. The first-order valence-electron chi connectivity index (χ1n) is 3.62. The molecule has 0 aromatic heterocycles. The molecule has 82 valence electrons. The molecule has 0 radical (unpaired) electrons. The van der Waals surface area contributed by atoms with Crippen LogP contribution in [0.25, 0.3) is 0 Å². The predicted octanol–water partition coefficient (Wildman–Crippen LogP) is -3.03. The Labute approximate surface area is 111 Å². The van der Waals surface area contributed by atoms with Crippen LogP contribution in [0.1, 0.15) is 15.3 Å². The van der Waals surface area contributed by atoms with Crippen LogP contribution < -0.4 is 34.9 Å². The first-order chi connectivity index (χ1) is 6.27. The second-order valence-electron chi connectivity index (χ2n) is 2.38. The summed E-state index contributed by atoms with van der Waals surface area (Å²) < 4.78 is 0. The molecule has 0 unspecified atom stereocenters. The minimum atomic E-state index is -1.06. The monoisotopic (exact) mass is 227 g/mol. The molecule has 0 heterocycles. The normalized spacial score (nSPS) is 7.33. The fourth-order valence-electron chi connectivity index (χ4n) is 0.307. The Bertz CT molecular complexity index is 253. The van der Waals surface area contributed by atoms with Crippen molar-refractivity contribution < 1.29 is 55.6 Å². The summed E-state index contributed by atoms with van der Waals surface area (Å²) in [6.45, 7) is 5.57. The number of rotatable bonds is 3. The fourth-order valence-corrected chi connectivity index (χ4v) is 0.307. The van der Waals surface area contributed by atoms with E-state index in [4.69, 9.17) is 15.0 Å². The Morgan fingerprint density at radius 1 is 1.27 bits per heavy atom. The van der Waals surface area contributed by atoms with Gasteiger partial charge >= 0.3 is 35.5 Å². The summed E-state index contributed by atoms with van der Waals surface area (Å²) in [5.41, 5.74) is 0.307. The third kappa shape index (κ3) is 24.6. The second kappa shape index (κ2) is 11.2. The van der Waals surface area contributed by atoms with Gasteiger partial charge in [-0.1, -0.05) is 6.58 Å². The molecule has 0 aromatic carbocycles. The summed E-state index contributed by atoms with van der Waals surface area (Å²) in [5, 5.41) is 17.7. The minimum absolute atomic E-state index is 0. The average Bonchev–Trinajstić information content (AvgIpc) is 1.98. The summed E-state index contributed by atoms with van der Waals surface area (Å²) in [6, 6.07) is 0. The fraction of sp³-hybridized carbons (Fsp3) is 0.375. The van der Waals surface area contributed by atoms with Crippen LogP contribution in [0.3, 0.4) is 0 Å². The third-order valence-corrected chi connectivity index (χ3v) is 0.788. The van der Waals surface area contributed by atoms with Crippen LogP contribution in [-0.4, -0.2) is 34.6 Å². The zero-order valence-electron chi connectivity index (χ0n) is 10.0. The van der Waals surface area contributed by atoms with Crippen LogP contribution in [-0.2, 0) is 14.4 Å². The van der Waals surface area contributed by atoms with Gasteiger partial charge < -0.3 is 17.0 Å². The van der Waals surface area contributed by atoms with Crippen molar-refractivity contribution in [3.05, 3.63) is 12.2 Å². The SMILES string of the molecule is C=C(C)C(=O)NCC(=O)O.CC(=O)O.[H-].[Na+]. The van der Waals surface area contributed by atoms with E-state index in [0.717, 1.165) is 6.92 Å². The number of hydrogen-bond acceptors (Lipinski definition) is 3. The number of amides is 1. The maximum Gasteiger partial charge on any atom is 1.00 e. The molecule has 1 amide bonds. The van der Waals surface area contributed by atoms with Crippen molar-refractivity contribution in [1.29, 1.82) is 0 Å². The van der Waals surface area contributed by atoms with E-state index in [1.807, 2.05) is 0 Å². The minimum Gasteiger partial charge on any atom is -1.00 e. The summed E-state index contributed by atoms with van der Waals surface area (Å²) in [5.74, 6) is -2.32. The van der Waals surface area contributed by atoms with Crippen LogP contribution in [0, 0.1) is 0 Å². The maximum atomic E-state index is 10.6. The van der Waals surface area contributed by atoms with Gasteiger partial charge in [0.15, 0.2) is 0 Å². The molecular weight excluding hydrogens is 213 g/mol. The molecule has 0 aliphatic rings. The molecule has 0 aromatic rings. The molecule has 0 aliphatic heterocycles. The molecule has 0 rings (SSSR count). The van der Waals surface area contributed by atoms with Crippen molar-refractivity contribution in [2.75, 3.05) is 6.54 Å². The molecule has 0 saturated heterocycles. The smallest absolute Gasteiger partial charge is 1.00 e. The van der Waals surface area contributed by atoms with Crippen LogP contribution in [0.2, 0.25) is 0 Å². The Morgan fingerprint density at radius 3 is 1.80 bits per heavy atom. The largest absolute Gasteiger partial charge is 1.00 e. The van der Waals surface area contributed by atoms with Gasteiger partial charge in [-0.3, -0.25) is 14.4 Å². The Kier molecular flexibility index (Phi) is 14.7. The van der Waals surface area contributed by atoms with E-state index < -0.39 is 17.8 Å². The maximum absolute atomic E-state index is 10.6.